The van der Waals surface area contributed by atoms with E-state index in [4.69, 9.17) is 21.1 Å². The number of halogens is 1. The van der Waals surface area contributed by atoms with Crippen LogP contribution in [0.15, 0.2) is 47.4 Å². The third-order valence-corrected chi connectivity index (χ3v) is 7.87. The number of fused-ring (bicyclic) bond motifs is 1. The summed E-state index contributed by atoms with van der Waals surface area (Å²) in [5.74, 6) is 1.11. The highest BCUT2D eigenvalue weighted by Crippen LogP contribution is 2.33. The Hall–Kier alpha value is -2.29. The molecule has 0 radical (unpaired) electrons. The van der Waals surface area contributed by atoms with Gasteiger partial charge < -0.3 is 14.8 Å². The van der Waals surface area contributed by atoms with E-state index in [9.17, 15) is 13.2 Å². The molecular weight excluding hydrogens is 440 g/mol. The van der Waals surface area contributed by atoms with E-state index in [1.807, 2.05) is 25.1 Å². The minimum absolute atomic E-state index is 0.0640. The van der Waals surface area contributed by atoms with Gasteiger partial charge in [-0.25, -0.2) is 8.42 Å². The third kappa shape index (κ3) is 4.81. The molecule has 1 fully saturated rings. The van der Waals surface area contributed by atoms with E-state index in [-0.39, 0.29) is 22.8 Å². The molecule has 0 spiro atoms. The lowest BCUT2D eigenvalue weighted by Crippen LogP contribution is -2.43. The van der Waals surface area contributed by atoms with Crippen molar-refractivity contribution in [2.24, 2.45) is 5.92 Å². The number of amides is 1. The molecule has 0 aromatic heterocycles. The van der Waals surface area contributed by atoms with Crippen molar-refractivity contribution in [3.8, 4) is 11.5 Å². The minimum atomic E-state index is -3.59. The number of ether oxygens (including phenoxy) is 2. The molecule has 1 saturated heterocycles. The zero-order valence-corrected chi connectivity index (χ0v) is 18.8. The van der Waals surface area contributed by atoms with Crippen molar-refractivity contribution in [3.63, 3.8) is 0 Å². The first-order valence-corrected chi connectivity index (χ1v) is 12.1. The van der Waals surface area contributed by atoms with E-state index in [0.717, 1.165) is 5.56 Å². The van der Waals surface area contributed by atoms with Gasteiger partial charge in [0, 0.05) is 24.0 Å². The van der Waals surface area contributed by atoms with Crippen molar-refractivity contribution in [1.29, 1.82) is 0 Å². The Kier molecular flexibility index (Phi) is 6.41. The summed E-state index contributed by atoms with van der Waals surface area (Å²) in [5, 5.41) is 3.53. The van der Waals surface area contributed by atoms with Crippen molar-refractivity contribution in [1.82, 2.24) is 9.62 Å². The number of carbonyl (C=O) groups excluding carboxylic acids is 1. The first-order chi connectivity index (χ1) is 14.8. The van der Waals surface area contributed by atoms with Crippen molar-refractivity contribution < 1.29 is 22.7 Å². The fraction of sp³-hybridized carbons (Fsp3) is 0.409. The Bertz CT molecular complexity index is 1050. The van der Waals surface area contributed by atoms with Gasteiger partial charge >= 0.3 is 0 Å². The molecule has 4 rings (SSSR count). The number of benzene rings is 2. The number of nitrogens with one attached hydrogen (secondary N) is 1. The molecule has 31 heavy (non-hydrogen) atoms. The predicted molar refractivity (Wildman–Crippen MR) is 117 cm³/mol. The van der Waals surface area contributed by atoms with E-state index in [2.05, 4.69) is 5.32 Å². The van der Waals surface area contributed by atoms with Gasteiger partial charge in [-0.2, -0.15) is 4.31 Å². The zero-order valence-electron chi connectivity index (χ0n) is 17.2. The molecule has 2 aromatic rings. The number of nitrogens with zero attached hydrogens (tertiary/aromatic N) is 1. The van der Waals surface area contributed by atoms with Crippen molar-refractivity contribution >= 4 is 27.5 Å². The molecule has 0 bridgehead atoms. The average Bonchev–Trinajstić information content (AvgIpc) is 2.79. The maximum Gasteiger partial charge on any atom is 0.243 e. The highest BCUT2D eigenvalue weighted by Gasteiger charge is 2.32. The van der Waals surface area contributed by atoms with Crippen LogP contribution in [0.25, 0.3) is 0 Å². The van der Waals surface area contributed by atoms with Crippen molar-refractivity contribution in [3.05, 3.63) is 53.1 Å². The second kappa shape index (κ2) is 9.06. The van der Waals surface area contributed by atoms with Crippen LogP contribution < -0.4 is 14.8 Å². The van der Waals surface area contributed by atoms with E-state index >= 15 is 0 Å². The van der Waals surface area contributed by atoms with Crippen LogP contribution >= 0.6 is 11.6 Å². The van der Waals surface area contributed by atoms with Gasteiger partial charge in [0.15, 0.2) is 11.5 Å². The number of hydrogen-bond donors (Lipinski definition) is 1. The van der Waals surface area contributed by atoms with Gasteiger partial charge in [-0.3, -0.25) is 4.79 Å². The molecule has 0 unspecified atom stereocenters. The normalized spacial score (nSPS) is 18.4. The predicted octanol–water partition coefficient (Wildman–Crippen LogP) is 3.39. The number of sulfonamides is 1. The van der Waals surface area contributed by atoms with Crippen LogP contribution in [0.4, 0.5) is 0 Å². The first kappa shape index (κ1) is 21.9. The van der Waals surface area contributed by atoms with Crippen LogP contribution in [0.3, 0.4) is 0 Å². The Balaban J connectivity index is 1.34. The molecule has 2 aliphatic heterocycles. The Morgan fingerprint density at radius 2 is 1.71 bits per heavy atom. The summed E-state index contributed by atoms with van der Waals surface area (Å²) < 4.78 is 38.2. The minimum Gasteiger partial charge on any atom is -0.486 e. The van der Waals surface area contributed by atoms with Gasteiger partial charge in [-0.15, -0.1) is 0 Å². The SMILES string of the molecule is C[C@@H](NC(=O)C1CCN(S(=O)(=O)c2ccc(Cl)cc2)CC1)c1ccc2c(c1)OCCO2. The molecular formula is C22H25ClN2O5S. The second-order valence-corrected chi connectivity index (χ2v) is 10.1. The van der Waals surface area contributed by atoms with Crippen LogP contribution in [0.5, 0.6) is 11.5 Å². The fourth-order valence-electron chi connectivity index (χ4n) is 3.86. The monoisotopic (exact) mass is 464 g/mol. The summed E-state index contributed by atoms with van der Waals surface area (Å²) in [4.78, 5) is 13.0. The summed E-state index contributed by atoms with van der Waals surface area (Å²) >= 11 is 5.86. The topological polar surface area (TPSA) is 84.9 Å². The molecule has 0 aliphatic carbocycles. The summed E-state index contributed by atoms with van der Waals surface area (Å²) in [7, 11) is -3.59. The molecule has 2 heterocycles. The third-order valence-electron chi connectivity index (χ3n) is 5.70. The Morgan fingerprint density at radius 1 is 1.06 bits per heavy atom. The number of piperidine rings is 1. The summed E-state index contributed by atoms with van der Waals surface area (Å²) in [6, 6.07) is 11.6. The Morgan fingerprint density at radius 3 is 2.39 bits per heavy atom. The Labute approximate surface area is 187 Å². The van der Waals surface area contributed by atoms with Gasteiger partial charge in [-0.1, -0.05) is 17.7 Å². The second-order valence-electron chi connectivity index (χ2n) is 7.77. The van der Waals surface area contributed by atoms with Crippen LogP contribution in [0.2, 0.25) is 5.02 Å². The maximum atomic E-state index is 12.8. The maximum absolute atomic E-state index is 12.8. The van der Waals surface area contributed by atoms with Gasteiger partial charge in [0.05, 0.1) is 10.9 Å². The summed E-state index contributed by atoms with van der Waals surface area (Å²) in [5.41, 5.74) is 0.931. The standard InChI is InChI=1S/C22H25ClN2O5S/c1-15(17-2-7-20-21(14-17)30-13-12-29-20)24-22(26)16-8-10-25(11-9-16)31(27,28)19-5-3-18(23)4-6-19/h2-7,14-16H,8-13H2,1H3,(H,24,26)/t15-/m1/s1. The van der Waals surface area contributed by atoms with Gasteiger partial charge in [-0.05, 0) is 61.7 Å². The smallest absolute Gasteiger partial charge is 0.243 e. The van der Waals surface area contributed by atoms with Crippen LogP contribution in [-0.2, 0) is 14.8 Å². The number of hydrogen-bond acceptors (Lipinski definition) is 5. The largest absolute Gasteiger partial charge is 0.486 e. The summed E-state index contributed by atoms with van der Waals surface area (Å²) in [6.45, 7) is 3.58. The molecule has 1 atom stereocenters. The van der Waals surface area contributed by atoms with E-state index < -0.39 is 10.0 Å². The first-order valence-electron chi connectivity index (χ1n) is 10.3. The number of carbonyl (C=O) groups is 1. The highest BCUT2D eigenvalue weighted by molar-refractivity contribution is 7.89. The summed E-state index contributed by atoms with van der Waals surface area (Å²) in [6.07, 6.45) is 0.957. The quantitative estimate of drug-likeness (QED) is 0.733. The van der Waals surface area contributed by atoms with Crippen molar-refractivity contribution in [2.45, 2.75) is 30.7 Å². The van der Waals surface area contributed by atoms with Gasteiger partial charge in [0.2, 0.25) is 15.9 Å². The lowest BCUT2D eigenvalue weighted by Gasteiger charge is -2.31. The molecule has 2 aliphatic rings. The van der Waals surface area contributed by atoms with Gasteiger partial charge in [0.1, 0.15) is 13.2 Å². The van der Waals surface area contributed by atoms with E-state index in [1.165, 1.54) is 16.4 Å². The lowest BCUT2D eigenvalue weighted by atomic mass is 9.96. The highest BCUT2D eigenvalue weighted by atomic mass is 35.5. The molecule has 1 amide bonds. The molecule has 7 nitrogen and oxygen atoms in total. The van der Waals surface area contributed by atoms with Gasteiger partial charge in [0.25, 0.3) is 0 Å². The van der Waals surface area contributed by atoms with E-state index in [1.54, 1.807) is 12.1 Å². The molecule has 2 aromatic carbocycles. The molecule has 166 valence electrons. The fourth-order valence-corrected chi connectivity index (χ4v) is 5.45. The van der Waals surface area contributed by atoms with Crippen LogP contribution in [-0.4, -0.2) is 44.9 Å². The molecule has 9 heteroatoms. The van der Waals surface area contributed by atoms with Crippen LogP contribution in [0.1, 0.15) is 31.4 Å². The molecule has 1 N–H and O–H groups in total. The number of rotatable bonds is 5. The molecule has 0 saturated carbocycles. The lowest BCUT2D eigenvalue weighted by molar-refractivity contribution is -0.126. The average molecular weight is 465 g/mol. The zero-order chi connectivity index (χ0) is 22.0. The van der Waals surface area contributed by atoms with Crippen LogP contribution in [0, 0.1) is 5.92 Å². The van der Waals surface area contributed by atoms with E-state index in [0.29, 0.717) is 55.7 Å². The van der Waals surface area contributed by atoms with Crippen molar-refractivity contribution in [2.75, 3.05) is 26.3 Å².